The summed E-state index contributed by atoms with van der Waals surface area (Å²) in [6, 6.07) is 10.2. The van der Waals surface area contributed by atoms with Gasteiger partial charge in [-0.15, -0.1) is 0 Å². The van der Waals surface area contributed by atoms with Crippen molar-refractivity contribution in [3.8, 4) is 11.5 Å². The predicted octanol–water partition coefficient (Wildman–Crippen LogP) is 4.57. The van der Waals surface area contributed by atoms with Crippen LogP contribution in [0.5, 0.6) is 11.5 Å². The molecule has 0 unspecified atom stereocenters. The van der Waals surface area contributed by atoms with Crippen molar-refractivity contribution in [2.75, 3.05) is 19.5 Å². The molecule has 0 bridgehead atoms. The fraction of sp³-hybridized carbons (Fsp3) is 0.300. The van der Waals surface area contributed by atoms with Crippen LogP contribution in [0.25, 0.3) is 10.9 Å². The summed E-state index contributed by atoms with van der Waals surface area (Å²) in [5.41, 5.74) is 4.93. The van der Waals surface area contributed by atoms with Crippen LogP contribution < -0.4 is 14.8 Å². The zero-order chi connectivity index (χ0) is 18.0. The van der Waals surface area contributed by atoms with E-state index in [-0.39, 0.29) is 0 Å². The van der Waals surface area contributed by atoms with Gasteiger partial charge in [-0.05, 0) is 31.9 Å². The smallest absolute Gasteiger partial charge is 0.228 e. The van der Waals surface area contributed by atoms with Gasteiger partial charge in [0.25, 0.3) is 0 Å². The van der Waals surface area contributed by atoms with Crippen LogP contribution in [0.2, 0.25) is 0 Å². The molecule has 0 saturated heterocycles. The van der Waals surface area contributed by atoms with Gasteiger partial charge < -0.3 is 14.8 Å². The molecule has 0 atom stereocenters. The summed E-state index contributed by atoms with van der Waals surface area (Å²) in [6.45, 7) is 6.10. The number of aromatic nitrogens is 2. The summed E-state index contributed by atoms with van der Waals surface area (Å²) >= 11 is 0. The lowest BCUT2D eigenvalue weighted by Gasteiger charge is -2.14. The SMILES string of the molecule is CCc1ccc2c(C)nc(Nc3cc(OC)c(C)c(OC)c3)nc2c1. The molecule has 0 saturated carbocycles. The molecule has 0 spiro atoms. The average Bonchev–Trinajstić information content (AvgIpc) is 2.62. The van der Waals surface area contributed by atoms with E-state index >= 15 is 0 Å². The van der Waals surface area contributed by atoms with Crippen molar-refractivity contribution >= 4 is 22.5 Å². The molecule has 25 heavy (non-hydrogen) atoms. The Bertz CT molecular complexity index is 897. The van der Waals surface area contributed by atoms with Crippen molar-refractivity contribution in [2.45, 2.75) is 27.2 Å². The van der Waals surface area contributed by atoms with Gasteiger partial charge in [-0.3, -0.25) is 0 Å². The zero-order valence-electron chi connectivity index (χ0n) is 15.3. The second kappa shape index (κ2) is 6.97. The highest BCUT2D eigenvalue weighted by Crippen LogP contribution is 2.33. The van der Waals surface area contributed by atoms with Crippen LogP contribution in [0.3, 0.4) is 0 Å². The van der Waals surface area contributed by atoms with Gasteiger partial charge in [-0.2, -0.15) is 0 Å². The van der Waals surface area contributed by atoms with Gasteiger partial charge in [-0.25, -0.2) is 9.97 Å². The summed E-state index contributed by atoms with van der Waals surface area (Å²) in [4.78, 5) is 9.25. The summed E-state index contributed by atoms with van der Waals surface area (Å²) in [6.07, 6.45) is 0.980. The Balaban J connectivity index is 2.03. The Kier molecular flexibility index (Phi) is 4.74. The topological polar surface area (TPSA) is 56.3 Å². The molecule has 1 aromatic heterocycles. The van der Waals surface area contributed by atoms with E-state index < -0.39 is 0 Å². The number of aryl methyl sites for hydroxylation is 2. The summed E-state index contributed by atoms with van der Waals surface area (Å²) in [5, 5.41) is 4.34. The molecule has 0 aliphatic rings. The molecule has 0 aliphatic heterocycles. The Morgan fingerprint density at radius 3 is 2.24 bits per heavy atom. The highest BCUT2D eigenvalue weighted by atomic mass is 16.5. The zero-order valence-corrected chi connectivity index (χ0v) is 15.3. The van der Waals surface area contributed by atoms with Crippen LogP contribution >= 0.6 is 0 Å². The Hall–Kier alpha value is -2.82. The van der Waals surface area contributed by atoms with Crippen LogP contribution in [-0.2, 0) is 6.42 Å². The second-order valence-electron chi connectivity index (χ2n) is 5.97. The third-order valence-electron chi connectivity index (χ3n) is 4.37. The van der Waals surface area contributed by atoms with Gasteiger partial charge in [0.05, 0.1) is 25.4 Å². The standard InChI is InChI=1S/C20H23N3O2/c1-6-14-7-8-16-13(3)21-20(23-17(16)9-14)22-15-10-18(24-4)12(2)19(11-15)25-5/h7-11H,6H2,1-5H3,(H,21,22,23). The molecular formula is C20H23N3O2. The van der Waals surface area contributed by atoms with Crippen molar-refractivity contribution in [2.24, 2.45) is 0 Å². The van der Waals surface area contributed by atoms with Crippen molar-refractivity contribution in [3.05, 3.63) is 47.2 Å². The summed E-state index contributed by atoms with van der Waals surface area (Å²) in [5.74, 6) is 2.08. The predicted molar refractivity (Wildman–Crippen MR) is 101 cm³/mol. The van der Waals surface area contributed by atoms with E-state index in [0.29, 0.717) is 5.95 Å². The number of hydrogen-bond acceptors (Lipinski definition) is 5. The lowest BCUT2D eigenvalue weighted by molar-refractivity contribution is 0.389. The number of nitrogens with one attached hydrogen (secondary N) is 1. The molecular weight excluding hydrogens is 314 g/mol. The fourth-order valence-corrected chi connectivity index (χ4v) is 2.90. The Morgan fingerprint density at radius 2 is 1.64 bits per heavy atom. The maximum atomic E-state index is 5.43. The Morgan fingerprint density at radius 1 is 0.960 bits per heavy atom. The number of anilines is 2. The first kappa shape index (κ1) is 17.0. The molecule has 0 amide bonds. The van der Waals surface area contributed by atoms with E-state index in [4.69, 9.17) is 9.47 Å². The van der Waals surface area contributed by atoms with Gasteiger partial charge in [0.15, 0.2) is 0 Å². The van der Waals surface area contributed by atoms with Crippen LogP contribution in [-0.4, -0.2) is 24.2 Å². The first-order valence-electron chi connectivity index (χ1n) is 8.32. The molecule has 3 aromatic rings. The van der Waals surface area contributed by atoms with Crippen LogP contribution in [0.1, 0.15) is 23.7 Å². The second-order valence-corrected chi connectivity index (χ2v) is 5.97. The number of benzene rings is 2. The normalized spacial score (nSPS) is 10.8. The lowest BCUT2D eigenvalue weighted by atomic mass is 10.1. The number of rotatable bonds is 5. The average molecular weight is 337 g/mol. The number of fused-ring (bicyclic) bond motifs is 1. The third kappa shape index (κ3) is 3.36. The van der Waals surface area contributed by atoms with Gasteiger partial charge >= 0.3 is 0 Å². The van der Waals surface area contributed by atoms with E-state index in [0.717, 1.165) is 45.8 Å². The number of nitrogens with zero attached hydrogens (tertiary/aromatic N) is 2. The van der Waals surface area contributed by atoms with Gasteiger partial charge in [0.1, 0.15) is 11.5 Å². The summed E-state index contributed by atoms with van der Waals surface area (Å²) < 4.78 is 10.9. The number of methoxy groups -OCH3 is 2. The first-order valence-corrected chi connectivity index (χ1v) is 8.32. The Labute approximate surface area is 148 Å². The third-order valence-corrected chi connectivity index (χ3v) is 4.37. The highest BCUT2D eigenvalue weighted by molar-refractivity contribution is 5.83. The number of ether oxygens (including phenoxy) is 2. The van der Waals surface area contributed by atoms with Crippen molar-refractivity contribution < 1.29 is 9.47 Å². The van der Waals surface area contributed by atoms with E-state index in [9.17, 15) is 0 Å². The van der Waals surface area contributed by atoms with Gasteiger partial charge in [-0.1, -0.05) is 19.1 Å². The van der Waals surface area contributed by atoms with Crippen LogP contribution in [0, 0.1) is 13.8 Å². The maximum absolute atomic E-state index is 5.43. The minimum atomic E-state index is 0.561. The molecule has 2 aromatic carbocycles. The lowest BCUT2D eigenvalue weighted by Crippen LogP contribution is -2.01. The van der Waals surface area contributed by atoms with Crippen molar-refractivity contribution in [1.29, 1.82) is 0 Å². The molecule has 3 rings (SSSR count). The quantitative estimate of drug-likeness (QED) is 0.739. The van der Waals surface area contributed by atoms with Crippen molar-refractivity contribution in [1.82, 2.24) is 9.97 Å². The first-order chi connectivity index (χ1) is 12.0. The van der Waals surface area contributed by atoms with E-state index in [1.54, 1.807) is 14.2 Å². The van der Waals surface area contributed by atoms with Gasteiger partial charge in [0.2, 0.25) is 5.95 Å². The van der Waals surface area contributed by atoms with E-state index in [1.165, 1.54) is 5.56 Å². The molecule has 1 heterocycles. The molecule has 130 valence electrons. The van der Waals surface area contributed by atoms with Crippen LogP contribution in [0.15, 0.2) is 30.3 Å². The minimum absolute atomic E-state index is 0.561. The molecule has 5 nitrogen and oxygen atoms in total. The molecule has 5 heteroatoms. The van der Waals surface area contributed by atoms with Gasteiger partial charge in [0, 0.05) is 28.8 Å². The van der Waals surface area contributed by atoms with Crippen LogP contribution in [0.4, 0.5) is 11.6 Å². The number of hydrogen-bond donors (Lipinski definition) is 1. The monoisotopic (exact) mass is 337 g/mol. The maximum Gasteiger partial charge on any atom is 0.228 e. The molecule has 1 N–H and O–H groups in total. The molecule has 0 fully saturated rings. The van der Waals surface area contributed by atoms with E-state index in [1.807, 2.05) is 26.0 Å². The van der Waals surface area contributed by atoms with Crippen molar-refractivity contribution in [3.63, 3.8) is 0 Å². The summed E-state index contributed by atoms with van der Waals surface area (Å²) in [7, 11) is 3.29. The minimum Gasteiger partial charge on any atom is -0.496 e. The molecule has 0 radical (unpaired) electrons. The highest BCUT2D eigenvalue weighted by Gasteiger charge is 2.11. The molecule has 0 aliphatic carbocycles. The largest absolute Gasteiger partial charge is 0.496 e. The fourth-order valence-electron chi connectivity index (χ4n) is 2.90. The van der Waals surface area contributed by atoms with E-state index in [2.05, 4.69) is 40.4 Å².